The van der Waals surface area contributed by atoms with E-state index in [9.17, 15) is 39.5 Å². The van der Waals surface area contributed by atoms with Crippen molar-refractivity contribution in [2.24, 2.45) is 14.6 Å². The first kappa shape index (κ1) is 31.3. The summed E-state index contributed by atoms with van der Waals surface area (Å²) in [6, 6.07) is 9.80. The largest absolute Gasteiger partial charge is 1.00 e. The second kappa shape index (κ2) is 11.1. The number of para-hydroxylation sites is 1. The Balaban J connectivity index is 0.00000228. The first-order valence-electron chi connectivity index (χ1n) is 8.93. The van der Waals surface area contributed by atoms with Gasteiger partial charge in [0.15, 0.2) is 15.6 Å². The zero-order valence-corrected chi connectivity index (χ0v) is 26.1. The number of rotatable bonds is 4. The van der Waals surface area contributed by atoms with E-state index in [0.717, 1.165) is 30.5 Å². The van der Waals surface area contributed by atoms with Gasteiger partial charge in [0.1, 0.15) is 25.9 Å². The molecule has 0 atom stereocenters. The molecule has 1 aliphatic rings. The van der Waals surface area contributed by atoms with Crippen LogP contribution >= 0.6 is 11.1 Å². The second-order valence-electron chi connectivity index (χ2n) is 6.95. The minimum absolute atomic E-state index is 0. The van der Waals surface area contributed by atoms with Crippen LogP contribution in [0.2, 0.25) is 0 Å². The Labute approximate surface area is 253 Å². The molecule has 1 aliphatic heterocycles. The maximum Gasteiger partial charge on any atom is 1.00 e. The van der Waals surface area contributed by atoms with Gasteiger partial charge in [-0.05, 0) is 41.8 Å². The average molecular weight is 589 g/mol. The minimum atomic E-state index is -5.28. The molecule has 0 bridgehead atoms. The Kier molecular flexibility index (Phi) is 9.64. The molecular formula is C18H12N3Na2O9S4. The van der Waals surface area contributed by atoms with Gasteiger partial charge in [-0.25, -0.2) is 30.2 Å². The Bertz CT molecular complexity index is 1760. The summed E-state index contributed by atoms with van der Waals surface area (Å²) in [6.07, 6.45) is 0.913. The number of benzene rings is 3. The second-order valence-corrected chi connectivity index (χ2v) is 13.4. The number of aromatic hydroxyl groups is 1. The minimum Gasteiger partial charge on any atom is -0.744 e. The third-order valence-corrected chi connectivity index (χ3v) is 9.79. The molecule has 0 spiro atoms. The number of sulfone groups is 1. The third-order valence-electron chi connectivity index (χ3n) is 4.57. The molecular weight excluding hydrogens is 576 g/mol. The smallest absolute Gasteiger partial charge is 0.744 e. The Morgan fingerprint density at radius 2 is 1.56 bits per heavy atom. The fourth-order valence-electron chi connectivity index (χ4n) is 3.11. The molecule has 0 fully saturated rings. The molecule has 3 aromatic carbocycles. The number of hydrogen-bond acceptors (Lipinski definition) is 12. The predicted octanol–water partition coefficient (Wildman–Crippen LogP) is -3.27. The van der Waals surface area contributed by atoms with Crippen molar-refractivity contribution in [1.82, 2.24) is 0 Å². The van der Waals surface area contributed by atoms with Crippen molar-refractivity contribution in [2.75, 3.05) is 6.26 Å². The molecule has 36 heavy (non-hydrogen) atoms. The van der Waals surface area contributed by atoms with Gasteiger partial charge in [0.25, 0.3) is 0 Å². The Morgan fingerprint density at radius 1 is 0.917 bits per heavy atom. The van der Waals surface area contributed by atoms with E-state index in [2.05, 4.69) is 14.6 Å². The summed E-state index contributed by atoms with van der Waals surface area (Å²) >= 11 is -1.61. The topological polar surface area (TPSA) is 206 Å². The Morgan fingerprint density at radius 3 is 2.14 bits per heavy atom. The molecule has 0 unspecified atom stereocenters. The van der Waals surface area contributed by atoms with Crippen LogP contribution in [-0.4, -0.2) is 50.1 Å². The molecule has 1 radical (unpaired) electrons. The zero-order chi connectivity index (χ0) is 25.1. The summed E-state index contributed by atoms with van der Waals surface area (Å²) in [5.41, 5.74) is -0.457. The van der Waals surface area contributed by atoms with Gasteiger partial charge in [0, 0.05) is 22.7 Å². The summed E-state index contributed by atoms with van der Waals surface area (Å²) in [4.78, 5) is 2.68. The van der Waals surface area contributed by atoms with Crippen molar-refractivity contribution in [1.29, 1.82) is 0 Å². The standard InChI is InChI=1S/C18H14N3O9S4.2Na/c1-32(23,24)18-19-13-4-2-3-5-14(13)31(18)21-20-16-15(34(28,29)30)9-10-8-11(33(25,26)27)6-7-12(10)17(16)22;;/h2-9,22H,1H3,(H,25,26,27)(H,28,29,30);;/q;2*+1/p-2. The number of phenolic OH excluding ortho intramolecular Hbond substituents is 1. The number of phenols is 1. The molecule has 1 N–H and O–H groups in total. The van der Waals surface area contributed by atoms with Crippen LogP contribution < -0.4 is 59.1 Å². The van der Waals surface area contributed by atoms with Crippen molar-refractivity contribution in [3.05, 3.63) is 48.5 Å². The first-order valence-corrected chi connectivity index (χ1v) is 14.8. The van der Waals surface area contributed by atoms with E-state index in [-0.39, 0.29) is 74.3 Å². The number of fused-ring (bicyclic) bond motifs is 2. The van der Waals surface area contributed by atoms with Crippen LogP contribution in [0.5, 0.6) is 5.75 Å². The van der Waals surface area contributed by atoms with E-state index in [0.29, 0.717) is 10.6 Å². The summed E-state index contributed by atoms with van der Waals surface area (Å²) in [7, 11) is -14.0. The van der Waals surface area contributed by atoms with Crippen LogP contribution in [0.15, 0.2) is 77.8 Å². The number of nitrogens with zero attached hydrogens (tertiary/aromatic N) is 3. The quantitative estimate of drug-likeness (QED) is 0.140. The summed E-state index contributed by atoms with van der Waals surface area (Å²) in [5.74, 6) is -0.834. The fourth-order valence-corrected chi connectivity index (χ4v) is 7.25. The average Bonchev–Trinajstić information content (AvgIpc) is 3.10. The van der Waals surface area contributed by atoms with E-state index in [1.807, 2.05) is 0 Å². The molecule has 0 saturated carbocycles. The molecule has 0 aromatic heterocycles. The van der Waals surface area contributed by atoms with Crippen LogP contribution in [0.4, 0.5) is 11.4 Å². The van der Waals surface area contributed by atoms with Gasteiger partial charge in [-0.1, -0.05) is 12.1 Å². The third kappa shape index (κ3) is 6.22. The normalized spacial score (nSPS) is 14.2. The van der Waals surface area contributed by atoms with Crippen LogP contribution in [0.25, 0.3) is 10.8 Å². The molecule has 3 aromatic rings. The van der Waals surface area contributed by atoms with E-state index in [1.54, 1.807) is 24.3 Å². The maximum absolute atomic E-state index is 12.2. The molecule has 179 valence electrons. The van der Waals surface area contributed by atoms with E-state index in [4.69, 9.17) is 0 Å². The zero-order valence-electron chi connectivity index (χ0n) is 18.8. The fraction of sp³-hybridized carbons (Fsp3) is 0.0556. The Hall–Kier alpha value is -0.890. The van der Waals surface area contributed by atoms with Crippen LogP contribution in [-0.2, 0) is 30.1 Å². The van der Waals surface area contributed by atoms with Crippen LogP contribution in [0.1, 0.15) is 0 Å². The van der Waals surface area contributed by atoms with E-state index < -0.39 is 62.4 Å². The van der Waals surface area contributed by atoms with Gasteiger partial charge in [0.05, 0.1) is 20.4 Å². The predicted molar refractivity (Wildman–Crippen MR) is 120 cm³/mol. The van der Waals surface area contributed by atoms with Gasteiger partial charge in [-0.3, -0.25) is 0 Å². The van der Waals surface area contributed by atoms with Crippen molar-refractivity contribution in [3.63, 3.8) is 0 Å². The maximum atomic E-state index is 12.2. The SMILES string of the molecule is CS(=O)(=O)C1=Nc2ccccc2[S]1N=Nc1c(S(=O)(=O)[O-])cc2cc(S(=O)(=O)[O-])ccc2c1O.[Na+].[Na+]. The molecule has 18 heteroatoms. The molecule has 1 heterocycles. The van der Waals surface area contributed by atoms with Crippen LogP contribution in [0, 0.1) is 0 Å². The van der Waals surface area contributed by atoms with Gasteiger partial charge in [0.2, 0.25) is 4.38 Å². The first-order chi connectivity index (χ1) is 15.7. The molecule has 4 rings (SSSR count). The molecule has 12 nitrogen and oxygen atoms in total. The van der Waals surface area contributed by atoms with E-state index >= 15 is 0 Å². The number of aliphatic imine (C=N–C) groups is 1. The van der Waals surface area contributed by atoms with Crippen molar-refractivity contribution in [3.8, 4) is 5.75 Å². The monoisotopic (exact) mass is 588 g/mol. The van der Waals surface area contributed by atoms with Gasteiger partial charge < -0.3 is 14.2 Å². The van der Waals surface area contributed by atoms with Gasteiger partial charge in [-0.15, -0.1) is 9.63 Å². The van der Waals surface area contributed by atoms with Crippen LogP contribution in [0.3, 0.4) is 0 Å². The summed E-state index contributed by atoms with van der Waals surface area (Å²) < 4.78 is 97.5. The number of hydrogen-bond donors (Lipinski definition) is 1. The van der Waals surface area contributed by atoms with Crippen molar-refractivity contribution < 1.29 is 98.6 Å². The van der Waals surface area contributed by atoms with Gasteiger partial charge in [-0.2, -0.15) is 0 Å². The van der Waals surface area contributed by atoms with Gasteiger partial charge >= 0.3 is 59.1 Å². The molecule has 0 aliphatic carbocycles. The summed E-state index contributed by atoms with van der Waals surface area (Å²) in [6.45, 7) is 0. The van der Waals surface area contributed by atoms with Crippen molar-refractivity contribution in [2.45, 2.75) is 14.7 Å². The van der Waals surface area contributed by atoms with E-state index in [1.165, 1.54) is 0 Å². The summed E-state index contributed by atoms with van der Waals surface area (Å²) in [5, 5.41) is 14.0. The molecule has 0 saturated heterocycles. The molecule has 0 amide bonds. The van der Waals surface area contributed by atoms with Crippen molar-refractivity contribution >= 4 is 67.7 Å².